The summed E-state index contributed by atoms with van der Waals surface area (Å²) in [6.07, 6.45) is 0.984. The summed E-state index contributed by atoms with van der Waals surface area (Å²) in [5.74, 6) is 1.00. The van der Waals surface area contributed by atoms with Crippen LogP contribution in [0.2, 0.25) is 0 Å². The molecule has 0 fully saturated rings. The van der Waals surface area contributed by atoms with Gasteiger partial charge in [-0.3, -0.25) is 14.9 Å². The normalized spacial score (nSPS) is 10.7. The first-order valence-electron chi connectivity index (χ1n) is 8.16. The van der Waals surface area contributed by atoms with Crippen LogP contribution in [0.1, 0.15) is 36.2 Å². The highest BCUT2D eigenvalue weighted by molar-refractivity contribution is 7.99. The molecule has 0 aliphatic carbocycles. The predicted molar refractivity (Wildman–Crippen MR) is 102 cm³/mol. The highest BCUT2D eigenvalue weighted by Crippen LogP contribution is 2.31. The van der Waals surface area contributed by atoms with Gasteiger partial charge in [0.25, 0.3) is 11.6 Å². The number of benzene rings is 2. The van der Waals surface area contributed by atoms with Crippen molar-refractivity contribution in [3.05, 3.63) is 63.7 Å². The van der Waals surface area contributed by atoms with Crippen molar-refractivity contribution >= 4 is 29.0 Å². The molecular weight excluding hydrogens is 336 g/mol. The van der Waals surface area contributed by atoms with Gasteiger partial charge >= 0.3 is 0 Å². The molecule has 0 aromatic heterocycles. The summed E-state index contributed by atoms with van der Waals surface area (Å²) in [4.78, 5) is 23.9. The lowest BCUT2D eigenvalue weighted by molar-refractivity contribution is -0.387. The van der Waals surface area contributed by atoms with Crippen LogP contribution in [0.3, 0.4) is 0 Å². The topological polar surface area (TPSA) is 72.2 Å². The second-order valence-electron chi connectivity index (χ2n) is 6.29. The van der Waals surface area contributed by atoms with Crippen LogP contribution >= 0.6 is 11.8 Å². The summed E-state index contributed by atoms with van der Waals surface area (Å²) < 4.78 is 0. The average molecular weight is 358 g/mol. The van der Waals surface area contributed by atoms with E-state index in [1.807, 2.05) is 19.1 Å². The average Bonchev–Trinajstić information content (AvgIpc) is 2.56. The van der Waals surface area contributed by atoms with Gasteiger partial charge in [0.05, 0.1) is 9.82 Å². The number of carbonyl (C=O) groups excluding carboxylic acids is 1. The maximum Gasteiger partial charge on any atom is 0.283 e. The van der Waals surface area contributed by atoms with Gasteiger partial charge in [-0.25, -0.2) is 0 Å². The molecule has 1 N–H and O–H groups in total. The van der Waals surface area contributed by atoms with Crippen LogP contribution in [0.5, 0.6) is 0 Å². The zero-order chi connectivity index (χ0) is 18.4. The molecule has 0 heterocycles. The van der Waals surface area contributed by atoms with Crippen LogP contribution in [0.25, 0.3) is 0 Å². The molecule has 2 rings (SSSR count). The van der Waals surface area contributed by atoms with E-state index in [0.29, 0.717) is 16.5 Å². The van der Waals surface area contributed by atoms with Crippen LogP contribution in [0.4, 0.5) is 11.4 Å². The second-order valence-corrected chi connectivity index (χ2v) is 7.43. The predicted octanol–water partition coefficient (Wildman–Crippen LogP) is 5.29. The molecule has 0 spiro atoms. The van der Waals surface area contributed by atoms with Crippen molar-refractivity contribution in [1.82, 2.24) is 0 Å². The van der Waals surface area contributed by atoms with Gasteiger partial charge in [0, 0.05) is 17.3 Å². The minimum atomic E-state index is -0.430. The van der Waals surface area contributed by atoms with Crippen LogP contribution in [-0.4, -0.2) is 16.6 Å². The number of nitro groups is 1. The number of nitro benzene ring substituents is 1. The zero-order valence-corrected chi connectivity index (χ0v) is 15.4. The second kappa shape index (κ2) is 8.67. The number of anilines is 1. The summed E-state index contributed by atoms with van der Waals surface area (Å²) in [5.41, 5.74) is 2.01. The number of aryl methyl sites for hydroxylation is 1. The Hall–Kier alpha value is -2.34. The molecule has 2 aromatic carbocycles. The van der Waals surface area contributed by atoms with Gasteiger partial charge in [-0.1, -0.05) is 31.5 Å². The Bertz CT molecular complexity index is 758. The summed E-state index contributed by atoms with van der Waals surface area (Å²) in [5, 5.41) is 14.1. The molecule has 0 saturated heterocycles. The van der Waals surface area contributed by atoms with E-state index in [4.69, 9.17) is 0 Å². The SMILES string of the molecule is Cc1ccc(NC(=O)c2ccc(SCCC(C)C)c([N+](=O)[O-])c2)cc1. The molecule has 0 aliphatic heterocycles. The third kappa shape index (κ3) is 5.60. The lowest BCUT2D eigenvalue weighted by Crippen LogP contribution is -2.12. The molecule has 5 nitrogen and oxygen atoms in total. The highest BCUT2D eigenvalue weighted by Gasteiger charge is 2.18. The van der Waals surface area contributed by atoms with Crippen molar-refractivity contribution < 1.29 is 9.72 Å². The van der Waals surface area contributed by atoms with Crippen molar-refractivity contribution in [3.8, 4) is 0 Å². The summed E-state index contributed by atoms with van der Waals surface area (Å²) in [6, 6.07) is 12.0. The zero-order valence-electron chi connectivity index (χ0n) is 14.6. The first-order valence-corrected chi connectivity index (χ1v) is 9.14. The molecule has 132 valence electrons. The highest BCUT2D eigenvalue weighted by atomic mass is 32.2. The first kappa shape index (κ1) is 19.0. The number of carbonyl (C=O) groups is 1. The van der Waals surface area contributed by atoms with Crippen molar-refractivity contribution in [2.75, 3.05) is 11.1 Å². The van der Waals surface area contributed by atoms with E-state index >= 15 is 0 Å². The third-order valence-corrected chi connectivity index (χ3v) is 4.78. The third-order valence-electron chi connectivity index (χ3n) is 3.68. The molecule has 6 heteroatoms. The number of nitrogens with zero attached hydrogens (tertiary/aromatic N) is 1. The Morgan fingerprint density at radius 1 is 1.20 bits per heavy atom. The Labute approximate surface area is 152 Å². The number of amides is 1. The van der Waals surface area contributed by atoms with Crippen molar-refractivity contribution in [1.29, 1.82) is 0 Å². The molecule has 0 aliphatic rings. The summed E-state index contributed by atoms with van der Waals surface area (Å²) in [6.45, 7) is 6.20. The van der Waals surface area contributed by atoms with Gasteiger partial charge < -0.3 is 5.32 Å². The molecule has 0 unspecified atom stereocenters. The number of rotatable bonds is 7. The smallest absolute Gasteiger partial charge is 0.283 e. The quantitative estimate of drug-likeness (QED) is 0.414. The lowest BCUT2D eigenvalue weighted by atomic mass is 10.1. The van der Waals surface area contributed by atoms with Crippen molar-refractivity contribution in [3.63, 3.8) is 0 Å². The van der Waals surface area contributed by atoms with E-state index in [0.717, 1.165) is 17.7 Å². The van der Waals surface area contributed by atoms with Crippen LogP contribution < -0.4 is 5.32 Å². The number of hydrogen-bond donors (Lipinski definition) is 1. The standard InChI is InChI=1S/C19H22N2O3S/c1-13(2)10-11-25-18-9-6-15(12-17(18)21(23)24)19(22)20-16-7-4-14(3)5-8-16/h4-9,12-13H,10-11H2,1-3H3,(H,20,22). The number of thioether (sulfide) groups is 1. The van der Waals surface area contributed by atoms with E-state index in [2.05, 4.69) is 19.2 Å². The van der Waals surface area contributed by atoms with E-state index in [1.165, 1.54) is 17.8 Å². The molecule has 2 aromatic rings. The molecule has 0 saturated carbocycles. The van der Waals surface area contributed by atoms with E-state index < -0.39 is 4.92 Å². The molecule has 0 atom stereocenters. The molecule has 1 amide bonds. The van der Waals surface area contributed by atoms with E-state index in [1.54, 1.807) is 24.3 Å². The summed E-state index contributed by atoms with van der Waals surface area (Å²) >= 11 is 1.46. The van der Waals surface area contributed by atoms with Crippen molar-refractivity contribution in [2.45, 2.75) is 32.1 Å². The van der Waals surface area contributed by atoms with Gasteiger partial charge in [-0.05, 0) is 49.3 Å². The van der Waals surface area contributed by atoms with Gasteiger partial charge in [0.15, 0.2) is 0 Å². The van der Waals surface area contributed by atoms with Crippen LogP contribution in [0, 0.1) is 23.0 Å². The fourth-order valence-corrected chi connectivity index (χ4v) is 3.42. The molecule has 0 bridgehead atoms. The Kier molecular flexibility index (Phi) is 6.58. The maximum absolute atomic E-state index is 12.3. The van der Waals surface area contributed by atoms with Crippen molar-refractivity contribution in [2.24, 2.45) is 5.92 Å². The molecular formula is C19H22N2O3S. The van der Waals surface area contributed by atoms with Gasteiger partial charge in [0.1, 0.15) is 0 Å². The minimum Gasteiger partial charge on any atom is -0.322 e. The first-order chi connectivity index (χ1) is 11.9. The monoisotopic (exact) mass is 358 g/mol. The molecule has 0 radical (unpaired) electrons. The maximum atomic E-state index is 12.3. The van der Waals surface area contributed by atoms with Crippen LogP contribution in [-0.2, 0) is 0 Å². The Morgan fingerprint density at radius 2 is 1.88 bits per heavy atom. The van der Waals surface area contributed by atoms with Crippen LogP contribution in [0.15, 0.2) is 47.4 Å². The van der Waals surface area contributed by atoms with E-state index in [9.17, 15) is 14.9 Å². The van der Waals surface area contributed by atoms with Gasteiger partial charge in [-0.2, -0.15) is 0 Å². The molecule has 25 heavy (non-hydrogen) atoms. The minimum absolute atomic E-state index is 0.0229. The summed E-state index contributed by atoms with van der Waals surface area (Å²) in [7, 11) is 0. The van der Waals surface area contributed by atoms with Gasteiger partial charge in [0.2, 0.25) is 0 Å². The number of hydrogen-bond acceptors (Lipinski definition) is 4. The number of nitrogens with one attached hydrogen (secondary N) is 1. The Balaban J connectivity index is 2.15. The fourth-order valence-electron chi connectivity index (χ4n) is 2.17. The lowest BCUT2D eigenvalue weighted by Gasteiger charge is -2.08. The Morgan fingerprint density at radius 3 is 2.48 bits per heavy atom. The van der Waals surface area contributed by atoms with E-state index in [-0.39, 0.29) is 17.2 Å². The van der Waals surface area contributed by atoms with Gasteiger partial charge in [-0.15, -0.1) is 11.8 Å². The largest absolute Gasteiger partial charge is 0.322 e. The fraction of sp³-hybridized carbons (Fsp3) is 0.316.